The first-order valence-corrected chi connectivity index (χ1v) is 8.33. The molecule has 24 heavy (non-hydrogen) atoms. The van der Waals surface area contributed by atoms with Gasteiger partial charge in [0.15, 0.2) is 0 Å². The number of nitrogens with zero attached hydrogens (tertiary/aromatic N) is 2. The number of halogens is 4. The van der Waals surface area contributed by atoms with Crippen LogP contribution in [0, 0.1) is 11.3 Å². The fourth-order valence-corrected chi connectivity index (χ4v) is 3.13. The minimum absolute atomic E-state index is 0.358. The number of aromatic nitrogens is 1. The molecular formula is C18H8Cl4N2. The maximum absolute atomic E-state index is 9.51. The third-order valence-electron chi connectivity index (χ3n) is 3.48. The average Bonchev–Trinajstić information content (AvgIpc) is 2.59. The summed E-state index contributed by atoms with van der Waals surface area (Å²) in [7, 11) is 0. The predicted molar refractivity (Wildman–Crippen MR) is 99.9 cm³/mol. The monoisotopic (exact) mass is 392 g/mol. The molecule has 0 bridgehead atoms. The van der Waals surface area contributed by atoms with Crippen LogP contribution in [0.4, 0.5) is 0 Å². The summed E-state index contributed by atoms with van der Waals surface area (Å²) in [6, 6.07) is 14.4. The van der Waals surface area contributed by atoms with Crippen molar-refractivity contribution in [3.8, 4) is 28.5 Å². The SMILES string of the molecule is N#Cc1cc(-c2cccc(Cl)c2Cl)cnc1-c1cccc(Cl)c1Cl. The highest BCUT2D eigenvalue weighted by molar-refractivity contribution is 6.44. The van der Waals surface area contributed by atoms with Crippen molar-refractivity contribution in [3.63, 3.8) is 0 Å². The average molecular weight is 394 g/mol. The van der Waals surface area contributed by atoms with Crippen molar-refractivity contribution in [3.05, 3.63) is 74.3 Å². The fourth-order valence-electron chi connectivity index (χ4n) is 2.33. The number of pyridine rings is 1. The molecule has 0 N–H and O–H groups in total. The van der Waals surface area contributed by atoms with Crippen molar-refractivity contribution >= 4 is 46.4 Å². The topological polar surface area (TPSA) is 36.7 Å². The zero-order valence-corrected chi connectivity index (χ0v) is 15.0. The summed E-state index contributed by atoms with van der Waals surface area (Å²) < 4.78 is 0. The molecule has 0 amide bonds. The number of hydrogen-bond acceptors (Lipinski definition) is 2. The molecule has 3 aromatic rings. The number of benzene rings is 2. The summed E-state index contributed by atoms with van der Waals surface area (Å²) in [4.78, 5) is 4.40. The Bertz CT molecular complexity index is 977. The molecule has 0 saturated carbocycles. The first kappa shape index (κ1) is 17.1. The van der Waals surface area contributed by atoms with E-state index in [9.17, 15) is 5.26 Å². The van der Waals surface area contributed by atoms with Crippen LogP contribution in [0.25, 0.3) is 22.4 Å². The molecule has 0 aliphatic carbocycles. The lowest BCUT2D eigenvalue weighted by Gasteiger charge is -2.10. The molecule has 0 fully saturated rings. The quantitative estimate of drug-likeness (QED) is 0.474. The number of rotatable bonds is 2. The molecule has 0 radical (unpaired) electrons. The number of nitriles is 1. The van der Waals surface area contributed by atoms with Gasteiger partial charge in [-0.25, -0.2) is 0 Å². The van der Waals surface area contributed by atoms with Crippen LogP contribution < -0.4 is 0 Å². The second-order valence-electron chi connectivity index (χ2n) is 4.93. The van der Waals surface area contributed by atoms with E-state index in [1.165, 1.54) is 0 Å². The lowest BCUT2D eigenvalue weighted by Crippen LogP contribution is -1.93. The van der Waals surface area contributed by atoms with E-state index in [0.717, 1.165) is 0 Å². The van der Waals surface area contributed by atoms with Crippen LogP contribution in [0.1, 0.15) is 5.56 Å². The van der Waals surface area contributed by atoms with Gasteiger partial charge in [-0.15, -0.1) is 0 Å². The van der Waals surface area contributed by atoms with E-state index in [1.54, 1.807) is 42.6 Å². The predicted octanol–water partition coefficient (Wildman–Crippen LogP) is 6.90. The van der Waals surface area contributed by atoms with E-state index >= 15 is 0 Å². The summed E-state index contributed by atoms with van der Waals surface area (Å²) in [5, 5.41) is 11.1. The highest BCUT2D eigenvalue weighted by Crippen LogP contribution is 2.37. The first-order chi connectivity index (χ1) is 11.5. The van der Waals surface area contributed by atoms with Gasteiger partial charge in [0.2, 0.25) is 0 Å². The van der Waals surface area contributed by atoms with Crippen molar-refractivity contribution < 1.29 is 0 Å². The van der Waals surface area contributed by atoms with Crippen molar-refractivity contribution in [2.45, 2.75) is 0 Å². The molecule has 2 aromatic carbocycles. The van der Waals surface area contributed by atoms with Crippen molar-refractivity contribution in [1.82, 2.24) is 4.98 Å². The Balaban J connectivity index is 2.18. The molecule has 0 unspecified atom stereocenters. The van der Waals surface area contributed by atoms with Gasteiger partial charge in [-0.1, -0.05) is 70.7 Å². The third-order valence-corrected chi connectivity index (χ3v) is 5.12. The van der Waals surface area contributed by atoms with Crippen LogP contribution in [-0.2, 0) is 0 Å². The molecule has 1 aromatic heterocycles. The van der Waals surface area contributed by atoms with Crippen LogP contribution in [-0.4, -0.2) is 4.98 Å². The molecule has 0 aliphatic rings. The van der Waals surface area contributed by atoms with E-state index in [2.05, 4.69) is 11.1 Å². The largest absolute Gasteiger partial charge is 0.254 e. The van der Waals surface area contributed by atoms with Gasteiger partial charge in [0.1, 0.15) is 6.07 Å². The van der Waals surface area contributed by atoms with Gasteiger partial charge >= 0.3 is 0 Å². The minimum atomic E-state index is 0.358. The Kier molecular flexibility index (Phi) is 4.99. The molecule has 118 valence electrons. The van der Waals surface area contributed by atoms with Crippen molar-refractivity contribution in [2.75, 3.05) is 0 Å². The summed E-state index contributed by atoms with van der Waals surface area (Å²) in [5.74, 6) is 0. The Hall–Kier alpha value is -1.76. The Morgan fingerprint density at radius 2 is 1.42 bits per heavy atom. The Labute approximate surface area is 159 Å². The van der Waals surface area contributed by atoms with Gasteiger partial charge in [-0.2, -0.15) is 5.26 Å². The highest BCUT2D eigenvalue weighted by atomic mass is 35.5. The Morgan fingerprint density at radius 1 is 0.833 bits per heavy atom. The van der Waals surface area contributed by atoms with Gasteiger partial charge in [0, 0.05) is 22.9 Å². The fraction of sp³-hybridized carbons (Fsp3) is 0. The van der Waals surface area contributed by atoms with Gasteiger partial charge in [0.05, 0.1) is 31.3 Å². The van der Waals surface area contributed by atoms with Crippen LogP contribution in [0.2, 0.25) is 20.1 Å². The second kappa shape index (κ2) is 7.01. The molecule has 0 aliphatic heterocycles. The maximum atomic E-state index is 9.51. The lowest BCUT2D eigenvalue weighted by molar-refractivity contribution is 1.30. The van der Waals surface area contributed by atoms with Crippen LogP contribution >= 0.6 is 46.4 Å². The maximum Gasteiger partial charge on any atom is 0.101 e. The van der Waals surface area contributed by atoms with E-state index in [1.807, 2.05) is 6.07 Å². The van der Waals surface area contributed by atoms with Gasteiger partial charge in [-0.05, 0) is 18.2 Å². The van der Waals surface area contributed by atoms with E-state index in [-0.39, 0.29) is 0 Å². The molecule has 2 nitrogen and oxygen atoms in total. The minimum Gasteiger partial charge on any atom is -0.254 e. The van der Waals surface area contributed by atoms with Crippen molar-refractivity contribution in [1.29, 1.82) is 5.26 Å². The van der Waals surface area contributed by atoms with Crippen molar-refractivity contribution in [2.24, 2.45) is 0 Å². The van der Waals surface area contributed by atoms with Gasteiger partial charge < -0.3 is 0 Å². The van der Waals surface area contributed by atoms with Gasteiger partial charge in [0.25, 0.3) is 0 Å². The smallest absolute Gasteiger partial charge is 0.101 e. The molecular weight excluding hydrogens is 386 g/mol. The summed E-state index contributed by atoms with van der Waals surface area (Å²) in [5.41, 5.74) is 2.84. The van der Waals surface area contributed by atoms with E-state index in [0.29, 0.717) is 48.0 Å². The zero-order chi connectivity index (χ0) is 17.3. The Morgan fingerprint density at radius 3 is 2.04 bits per heavy atom. The zero-order valence-electron chi connectivity index (χ0n) is 12.0. The lowest BCUT2D eigenvalue weighted by atomic mass is 10.0. The molecule has 0 spiro atoms. The highest BCUT2D eigenvalue weighted by Gasteiger charge is 2.15. The first-order valence-electron chi connectivity index (χ1n) is 6.82. The molecule has 6 heteroatoms. The summed E-state index contributed by atoms with van der Waals surface area (Å²) >= 11 is 24.6. The third kappa shape index (κ3) is 3.09. The second-order valence-corrected chi connectivity index (χ2v) is 6.51. The van der Waals surface area contributed by atoms with E-state index < -0.39 is 0 Å². The van der Waals surface area contributed by atoms with Crippen LogP contribution in [0.5, 0.6) is 0 Å². The standard InChI is InChI=1S/C18H8Cl4N2/c19-14-5-1-3-12(16(14)21)11-7-10(8-23)18(24-9-11)13-4-2-6-15(20)17(13)22/h1-7,9H. The molecule has 3 rings (SSSR count). The van der Waals surface area contributed by atoms with Crippen LogP contribution in [0.3, 0.4) is 0 Å². The summed E-state index contributed by atoms with van der Waals surface area (Å²) in [6.07, 6.45) is 1.63. The van der Waals surface area contributed by atoms with Crippen LogP contribution in [0.15, 0.2) is 48.7 Å². The van der Waals surface area contributed by atoms with Gasteiger partial charge in [-0.3, -0.25) is 4.98 Å². The molecule has 0 saturated heterocycles. The summed E-state index contributed by atoms with van der Waals surface area (Å²) in [6.45, 7) is 0. The normalized spacial score (nSPS) is 10.5. The molecule has 1 heterocycles. The van der Waals surface area contributed by atoms with E-state index in [4.69, 9.17) is 46.4 Å². The number of hydrogen-bond donors (Lipinski definition) is 0. The molecule has 0 atom stereocenters.